The summed E-state index contributed by atoms with van der Waals surface area (Å²) in [5.41, 5.74) is 2.47. The van der Waals surface area contributed by atoms with Crippen molar-refractivity contribution in [2.75, 3.05) is 4.72 Å². The number of sulfonamides is 1. The molecule has 8 heteroatoms. The fraction of sp³-hybridized carbons (Fsp3) is 0.263. The molecule has 1 aliphatic rings. The van der Waals surface area contributed by atoms with Gasteiger partial charge in [-0.3, -0.25) is 14.8 Å². The molecule has 3 aromatic rings. The normalized spacial score (nSPS) is 14.1. The van der Waals surface area contributed by atoms with Gasteiger partial charge < -0.3 is 4.42 Å². The quantitative estimate of drug-likeness (QED) is 0.531. The van der Waals surface area contributed by atoms with Crippen molar-refractivity contribution in [2.24, 2.45) is 0 Å². The fourth-order valence-electron chi connectivity index (χ4n) is 3.49. The third kappa shape index (κ3) is 3.16. The molecule has 27 heavy (non-hydrogen) atoms. The summed E-state index contributed by atoms with van der Waals surface area (Å²) in [5.74, 6) is 0.977. The predicted molar refractivity (Wildman–Crippen MR) is 101 cm³/mol. The van der Waals surface area contributed by atoms with E-state index in [1.807, 2.05) is 0 Å². The van der Waals surface area contributed by atoms with E-state index in [2.05, 4.69) is 4.72 Å². The highest BCUT2D eigenvalue weighted by Gasteiger charge is 2.22. The maximum Gasteiger partial charge on any atom is 0.273 e. The topological polar surface area (TPSA) is 102 Å². The van der Waals surface area contributed by atoms with Crippen LogP contribution in [0.5, 0.6) is 0 Å². The van der Waals surface area contributed by atoms with Gasteiger partial charge in [-0.2, -0.15) is 0 Å². The van der Waals surface area contributed by atoms with Crippen molar-refractivity contribution in [3.05, 3.63) is 63.4 Å². The van der Waals surface area contributed by atoms with E-state index in [0.717, 1.165) is 54.0 Å². The van der Waals surface area contributed by atoms with Crippen molar-refractivity contribution in [3.63, 3.8) is 0 Å². The predicted octanol–water partition coefficient (Wildman–Crippen LogP) is 4.33. The average Bonchev–Trinajstić information content (AvgIpc) is 2.99. The molecule has 4 rings (SSSR count). The highest BCUT2D eigenvalue weighted by atomic mass is 32.2. The first-order valence-corrected chi connectivity index (χ1v) is 10.2. The van der Waals surface area contributed by atoms with E-state index in [1.54, 1.807) is 25.1 Å². The molecule has 0 saturated carbocycles. The van der Waals surface area contributed by atoms with Crippen LogP contribution in [0.15, 0.2) is 45.7 Å². The Hall–Kier alpha value is -2.87. The number of nitrogens with one attached hydrogen (secondary N) is 1. The Morgan fingerprint density at radius 1 is 1.11 bits per heavy atom. The molecule has 1 aliphatic carbocycles. The number of nitro benzene ring substituents is 1. The largest absolute Gasteiger partial charge is 0.461 e. The molecule has 1 N–H and O–H groups in total. The number of nitrogens with zero attached hydrogens (tertiary/aromatic N) is 1. The molecule has 140 valence electrons. The number of anilines is 1. The zero-order valence-corrected chi connectivity index (χ0v) is 15.5. The van der Waals surface area contributed by atoms with Gasteiger partial charge in [0.05, 0.1) is 9.82 Å². The van der Waals surface area contributed by atoms with Gasteiger partial charge >= 0.3 is 0 Å². The number of rotatable bonds is 4. The molecule has 0 atom stereocenters. The maximum absolute atomic E-state index is 12.7. The highest BCUT2D eigenvalue weighted by Crippen LogP contribution is 2.34. The van der Waals surface area contributed by atoms with E-state index < -0.39 is 14.9 Å². The Balaban J connectivity index is 1.70. The Kier molecular flexibility index (Phi) is 4.15. The van der Waals surface area contributed by atoms with Crippen LogP contribution in [0, 0.1) is 17.0 Å². The first kappa shape index (κ1) is 17.5. The molecule has 7 nitrogen and oxygen atoms in total. The molecule has 0 bridgehead atoms. The molecular weight excluding hydrogens is 368 g/mol. The molecule has 0 fully saturated rings. The maximum atomic E-state index is 12.7. The number of nitro groups is 1. The van der Waals surface area contributed by atoms with Crippen LogP contribution in [0.3, 0.4) is 0 Å². The van der Waals surface area contributed by atoms with Gasteiger partial charge in [0.25, 0.3) is 15.7 Å². The van der Waals surface area contributed by atoms with Gasteiger partial charge in [0.2, 0.25) is 0 Å². The third-order valence-corrected chi connectivity index (χ3v) is 6.27. The summed E-state index contributed by atoms with van der Waals surface area (Å²) in [6.07, 6.45) is 4.00. The second kappa shape index (κ2) is 6.38. The van der Waals surface area contributed by atoms with Crippen LogP contribution in [0.2, 0.25) is 0 Å². The van der Waals surface area contributed by atoms with Crippen molar-refractivity contribution in [3.8, 4) is 0 Å². The van der Waals surface area contributed by atoms with Gasteiger partial charge in [-0.05, 0) is 50.5 Å². The molecule has 0 amide bonds. The van der Waals surface area contributed by atoms with Crippen molar-refractivity contribution in [1.29, 1.82) is 0 Å². The second-order valence-electron chi connectivity index (χ2n) is 6.73. The van der Waals surface area contributed by atoms with Crippen molar-refractivity contribution in [2.45, 2.75) is 37.5 Å². The molecule has 1 aromatic heterocycles. The average molecular weight is 386 g/mol. The Bertz CT molecular complexity index is 1160. The molecule has 0 spiro atoms. The van der Waals surface area contributed by atoms with Crippen molar-refractivity contribution < 1.29 is 17.8 Å². The third-order valence-electron chi connectivity index (χ3n) is 4.89. The molecule has 0 radical (unpaired) electrons. The highest BCUT2D eigenvalue weighted by molar-refractivity contribution is 7.92. The van der Waals surface area contributed by atoms with Gasteiger partial charge in [0, 0.05) is 34.7 Å². The van der Waals surface area contributed by atoms with Crippen LogP contribution in [0.1, 0.15) is 29.7 Å². The lowest BCUT2D eigenvalue weighted by Crippen LogP contribution is -2.13. The molecular formula is C19H18N2O5S. The van der Waals surface area contributed by atoms with Crippen LogP contribution >= 0.6 is 0 Å². The Morgan fingerprint density at radius 3 is 2.67 bits per heavy atom. The van der Waals surface area contributed by atoms with E-state index in [0.29, 0.717) is 11.3 Å². The summed E-state index contributed by atoms with van der Waals surface area (Å²) in [7, 11) is -3.94. The number of hydrogen-bond acceptors (Lipinski definition) is 5. The fourth-order valence-corrected chi connectivity index (χ4v) is 4.56. The Labute approximate surface area is 156 Å². The van der Waals surface area contributed by atoms with E-state index in [9.17, 15) is 18.5 Å². The van der Waals surface area contributed by atoms with Crippen LogP contribution < -0.4 is 4.72 Å². The summed E-state index contributed by atoms with van der Waals surface area (Å²) in [5, 5.41) is 12.0. The lowest BCUT2D eigenvalue weighted by Gasteiger charge is -2.10. The smallest absolute Gasteiger partial charge is 0.273 e. The van der Waals surface area contributed by atoms with Crippen LogP contribution in [-0.4, -0.2) is 13.3 Å². The van der Waals surface area contributed by atoms with Crippen LogP contribution in [0.4, 0.5) is 11.4 Å². The lowest BCUT2D eigenvalue weighted by molar-refractivity contribution is -0.385. The van der Waals surface area contributed by atoms with E-state index in [-0.39, 0.29) is 10.6 Å². The summed E-state index contributed by atoms with van der Waals surface area (Å²) in [6.45, 7) is 1.57. The molecule has 1 heterocycles. The molecule has 2 aromatic carbocycles. The molecule has 0 aliphatic heterocycles. The zero-order chi connectivity index (χ0) is 19.2. The minimum absolute atomic E-state index is 0.144. The SMILES string of the molecule is Cc1ccc(S(=O)(=O)Nc2ccc3oc4c(c3c2)CCCC4)cc1[N+](=O)[O-]. The molecule has 0 unspecified atom stereocenters. The van der Waals surface area contributed by atoms with Crippen molar-refractivity contribution >= 4 is 32.4 Å². The van der Waals surface area contributed by atoms with Gasteiger partial charge in [-0.25, -0.2) is 8.42 Å². The van der Waals surface area contributed by atoms with Gasteiger partial charge in [0.1, 0.15) is 11.3 Å². The lowest BCUT2D eigenvalue weighted by atomic mass is 9.96. The minimum Gasteiger partial charge on any atom is -0.461 e. The number of fused-ring (bicyclic) bond motifs is 3. The summed E-state index contributed by atoms with van der Waals surface area (Å²) < 4.78 is 33.8. The Morgan fingerprint density at radius 2 is 1.89 bits per heavy atom. The zero-order valence-electron chi connectivity index (χ0n) is 14.7. The number of hydrogen-bond donors (Lipinski definition) is 1. The van der Waals surface area contributed by atoms with E-state index in [4.69, 9.17) is 4.42 Å². The first-order valence-electron chi connectivity index (χ1n) is 8.67. The van der Waals surface area contributed by atoms with E-state index >= 15 is 0 Å². The summed E-state index contributed by atoms with van der Waals surface area (Å²) >= 11 is 0. The standard InChI is InChI=1S/C19H18N2O5S/c1-12-6-8-14(11-17(12)21(22)23)27(24,25)20-13-7-9-19-16(10-13)15-4-2-3-5-18(15)26-19/h6-11,20H,2-5H2,1H3. The monoisotopic (exact) mass is 386 g/mol. The number of furan rings is 1. The second-order valence-corrected chi connectivity index (χ2v) is 8.42. The van der Waals surface area contributed by atoms with Crippen molar-refractivity contribution in [1.82, 2.24) is 0 Å². The minimum atomic E-state index is -3.94. The number of aryl methyl sites for hydroxylation is 3. The molecule has 0 saturated heterocycles. The van der Waals surface area contributed by atoms with Gasteiger partial charge in [-0.1, -0.05) is 6.07 Å². The number of benzene rings is 2. The summed E-state index contributed by atoms with van der Waals surface area (Å²) in [4.78, 5) is 10.4. The summed E-state index contributed by atoms with van der Waals surface area (Å²) in [6, 6.07) is 9.03. The van der Waals surface area contributed by atoms with Crippen LogP contribution in [0.25, 0.3) is 11.0 Å². The van der Waals surface area contributed by atoms with Crippen LogP contribution in [-0.2, 0) is 22.9 Å². The van der Waals surface area contributed by atoms with Gasteiger partial charge in [0.15, 0.2) is 0 Å². The first-order chi connectivity index (χ1) is 12.8. The van der Waals surface area contributed by atoms with Gasteiger partial charge in [-0.15, -0.1) is 0 Å². The van der Waals surface area contributed by atoms with E-state index in [1.165, 1.54) is 12.1 Å².